The van der Waals surface area contributed by atoms with Crippen molar-refractivity contribution in [3.63, 3.8) is 0 Å². The Labute approximate surface area is 123 Å². The Morgan fingerprint density at radius 2 is 1.75 bits per heavy atom. The summed E-state index contributed by atoms with van der Waals surface area (Å²) in [6.45, 7) is 0. The van der Waals surface area contributed by atoms with Crippen LogP contribution in [0.1, 0.15) is 10.4 Å². The molecule has 0 fully saturated rings. The van der Waals surface area contributed by atoms with Crippen molar-refractivity contribution in [2.45, 2.75) is 0 Å². The van der Waals surface area contributed by atoms with Crippen molar-refractivity contribution in [1.82, 2.24) is 0 Å². The number of nitro groups is 1. The molecule has 0 saturated heterocycles. The Morgan fingerprint density at radius 3 is 2.30 bits per heavy atom. The summed E-state index contributed by atoms with van der Waals surface area (Å²) < 4.78 is 5.07. The Hall–Kier alpha value is -2.11. The number of esters is 1. The first-order valence-corrected chi connectivity index (χ1v) is 6.14. The minimum atomic E-state index is -0.627. The molecule has 0 spiro atoms. The molecule has 2 rings (SSSR count). The molecule has 0 heterocycles. The van der Waals surface area contributed by atoms with E-state index in [0.29, 0.717) is 10.6 Å². The lowest BCUT2D eigenvalue weighted by atomic mass is 10.2. The maximum atomic E-state index is 11.8. The van der Waals surface area contributed by atoms with Crippen LogP contribution in [0.3, 0.4) is 0 Å². The highest BCUT2D eigenvalue weighted by atomic mass is 35.5. The average Bonchev–Trinajstić information content (AvgIpc) is 2.41. The summed E-state index contributed by atoms with van der Waals surface area (Å²) in [6, 6.07) is 9.70. The molecule has 2 aromatic carbocycles. The molecule has 0 radical (unpaired) electrons. The first kappa shape index (κ1) is 14.3. The van der Waals surface area contributed by atoms with E-state index in [2.05, 4.69) is 0 Å². The van der Waals surface area contributed by atoms with Crippen LogP contribution in [0, 0.1) is 10.1 Å². The van der Waals surface area contributed by atoms with Crippen LogP contribution in [0.5, 0.6) is 5.75 Å². The molecule has 0 saturated carbocycles. The van der Waals surface area contributed by atoms with Gasteiger partial charge in [0.2, 0.25) is 0 Å². The molecular weight excluding hydrogens is 305 g/mol. The molecule has 102 valence electrons. The SMILES string of the molecule is O=C(Oc1ccc([N+](=O)[O-])cc1Cl)c1ccc(Cl)cc1. The lowest BCUT2D eigenvalue weighted by Crippen LogP contribution is -2.08. The summed E-state index contributed by atoms with van der Waals surface area (Å²) in [7, 11) is 0. The van der Waals surface area contributed by atoms with E-state index in [0.717, 1.165) is 6.07 Å². The fourth-order valence-corrected chi connectivity index (χ4v) is 1.77. The second kappa shape index (κ2) is 5.90. The van der Waals surface area contributed by atoms with E-state index in [4.69, 9.17) is 27.9 Å². The standard InChI is InChI=1S/C13H7Cl2NO4/c14-9-3-1-8(2-4-9)13(17)20-12-6-5-10(16(18)19)7-11(12)15/h1-7H. The Kier molecular flexibility index (Phi) is 4.22. The number of carbonyl (C=O) groups is 1. The maximum absolute atomic E-state index is 11.8. The zero-order valence-electron chi connectivity index (χ0n) is 9.88. The van der Waals surface area contributed by atoms with Gasteiger partial charge in [0.1, 0.15) is 5.75 Å². The van der Waals surface area contributed by atoms with Gasteiger partial charge >= 0.3 is 5.97 Å². The van der Waals surface area contributed by atoms with Gasteiger partial charge in [-0.1, -0.05) is 23.2 Å². The van der Waals surface area contributed by atoms with Crippen molar-refractivity contribution < 1.29 is 14.5 Å². The zero-order chi connectivity index (χ0) is 14.7. The minimum Gasteiger partial charge on any atom is -0.421 e. The number of benzene rings is 2. The summed E-state index contributed by atoms with van der Waals surface area (Å²) in [6.07, 6.45) is 0. The van der Waals surface area contributed by atoms with Gasteiger partial charge in [0, 0.05) is 17.2 Å². The number of hydrogen-bond donors (Lipinski definition) is 0. The molecule has 0 aliphatic rings. The summed E-state index contributed by atoms with van der Waals surface area (Å²) in [5, 5.41) is 11.0. The normalized spacial score (nSPS) is 10.1. The predicted molar refractivity (Wildman–Crippen MR) is 74.5 cm³/mol. The fraction of sp³-hybridized carbons (Fsp3) is 0. The third-order valence-corrected chi connectivity index (χ3v) is 2.96. The number of carbonyl (C=O) groups excluding carboxylic acids is 1. The van der Waals surface area contributed by atoms with Crippen molar-refractivity contribution in [1.29, 1.82) is 0 Å². The number of hydrogen-bond acceptors (Lipinski definition) is 4. The molecule has 0 N–H and O–H groups in total. The first-order valence-electron chi connectivity index (χ1n) is 5.39. The van der Waals surface area contributed by atoms with Crippen molar-refractivity contribution in [3.8, 4) is 5.75 Å². The molecule has 2 aromatic rings. The van der Waals surface area contributed by atoms with Crippen LogP contribution in [0.15, 0.2) is 42.5 Å². The van der Waals surface area contributed by atoms with E-state index < -0.39 is 10.9 Å². The molecule has 0 aromatic heterocycles. The molecule has 0 atom stereocenters. The molecule has 0 bridgehead atoms. The van der Waals surface area contributed by atoms with Gasteiger partial charge in [-0.15, -0.1) is 0 Å². The van der Waals surface area contributed by atoms with Gasteiger partial charge in [0.05, 0.1) is 15.5 Å². The molecule has 0 unspecified atom stereocenters. The number of non-ortho nitro benzene ring substituents is 1. The average molecular weight is 312 g/mol. The van der Waals surface area contributed by atoms with Crippen LogP contribution in [0.25, 0.3) is 0 Å². The number of nitro benzene ring substituents is 1. The van der Waals surface area contributed by atoms with Crippen LogP contribution >= 0.6 is 23.2 Å². The largest absolute Gasteiger partial charge is 0.421 e. The van der Waals surface area contributed by atoms with E-state index in [-0.39, 0.29) is 16.5 Å². The fourth-order valence-electron chi connectivity index (χ4n) is 1.43. The van der Waals surface area contributed by atoms with Crippen LogP contribution in [-0.2, 0) is 0 Å². The summed E-state index contributed by atoms with van der Waals surface area (Å²) in [4.78, 5) is 21.8. The summed E-state index contributed by atoms with van der Waals surface area (Å²) in [5.74, 6) is -0.574. The Morgan fingerprint density at radius 1 is 1.10 bits per heavy atom. The molecule has 0 amide bonds. The van der Waals surface area contributed by atoms with Crippen LogP contribution in [0.2, 0.25) is 10.0 Å². The smallest absolute Gasteiger partial charge is 0.343 e. The highest BCUT2D eigenvalue weighted by Gasteiger charge is 2.14. The van der Waals surface area contributed by atoms with Gasteiger partial charge in [-0.05, 0) is 30.3 Å². The lowest BCUT2D eigenvalue weighted by molar-refractivity contribution is -0.384. The second-order valence-corrected chi connectivity index (χ2v) is 4.61. The Bertz CT molecular complexity index is 671. The maximum Gasteiger partial charge on any atom is 0.343 e. The number of nitrogens with zero attached hydrogens (tertiary/aromatic N) is 1. The van der Waals surface area contributed by atoms with Gasteiger partial charge in [-0.2, -0.15) is 0 Å². The molecule has 0 aliphatic carbocycles. The van der Waals surface area contributed by atoms with Crippen molar-refractivity contribution in [2.24, 2.45) is 0 Å². The molecule has 7 heteroatoms. The summed E-state index contributed by atoms with van der Waals surface area (Å²) >= 11 is 11.5. The number of ether oxygens (including phenoxy) is 1. The van der Waals surface area contributed by atoms with E-state index >= 15 is 0 Å². The topological polar surface area (TPSA) is 69.4 Å². The number of halogens is 2. The predicted octanol–water partition coefficient (Wildman–Crippen LogP) is 4.12. The van der Waals surface area contributed by atoms with E-state index in [1.54, 1.807) is 12.1 Å². The third kappa shape index (κ3) is 3.26. The van der Waals surface area contributed by atoms with Crippen molar-refractivity contribution in [2.75, 3.05) is 0 Å². The quantitative estimate of drug-likeness (QED) is 0.370. The van der Waals surface area contributed by atoms with Gasteiger partial charge in [0.25, 0.3) is 5.69 Å². The van der Waals surface area contributed by atoms with Crippen LogP contribution in [-0.4, -0.2) is 10.9 Å². The van der Waals surface area contributed by atoms with E-state index in [1.807, 2.05) is 0 Å². The second-order valence-electron chi connectivity index (χ2n) is 3.77. The highest BCUT2D eigenvalue weighted by Crippen LogP contribution is 2.29. The minimum absolute atomic E-state index is 0.0125. The molecular formula is C13H7Cl2NO4. The van der Waals surface area contributed by atoms with E-state index in [9.17, 15) is 14.9 Å². The molecule has 20 heavy (non-hydrogen) atoms. The van der Waals surface area contributed by atoms with Gasteiger partial charge in [-0.3, -0.25) is 10.1 Å². The Balaban J connectivity index is 2.19. The van der Waals surface area contributed by atoms with Crippen LogP contribution < -0.4 is 4.74 Å². The van der Waals surface area contributed by atoms with Gasteiger partial charge < -0.3 is 4.74 Å². The van der Waals surface area contributed by atoms with E-state index in [1.165, 1.54) is 24.3 Å². The molecule has 5 nitrogen and oxygen atoms in total. The third-order valence-electron chi connectivity index (χ3n) is 2.41. The zero-order valence-corrected chi connectivity index (χ0v) is 11.4. The van der Waals surface area contributed by atoms with Crippen molar-refractivity contribution in [3.05, 3.63) is 68.2 Å². The molecule has 0 aliphatic heterocycles. The number of rotatable bonds is 3. The van der Waals surface area contributed by atoms with Crippen molar-refractivity contribution >= 4 is 34.9 Å². The lowest BCUT2D eigenvalue weighted by Gasteiger charge is -2.06. The highest BCUT2D eigenvalue weighted by molar-refractivity contribution is 6.32. The summed E-state index contributed by atoms with van der Waals surface area (Å²) in [5.41, 5.74) is 0.116. The first-order chi connectivity index (χ1) is 9.47. The van der Waals surface area contributed by atoms with Crippen LogP contribution in [0.4, 0.5) is 5.69 Å². The van der Waals surface area contributed by atoms with Gasteiger partial charge in [0.15, 0.2) is 0 Å². The monoisotopic (exact) mass is 311 g/mol. The van der Waals surface area contributed by atoms with Gasteiger partial charge in [-0.25, -0.2) is 4.79 Å².